The predicted molar refractivity (Wildman–Crippen MR) is 156 cm³/mol. The van der Waals surface area contributed by atoms with Crippen LogP contribution in [-0.2, 0) is 25.6 Å². The first-order valence-corrected chi connectivity index (χ1v) is 14.5. The summed E-state index contributed by atoms with van der Waals surface area (Å²) in [6, 6.07) is 7.86. The summed E-state index contributed by atoms with van der Waals surface area (Å²) in [5.41, 5.74) is 1.99. The lowest BCUT2D eigenvalue weighted by atomic mass is 9.95. The molecule has 2 aliphatic rings. The number of hydrogen-bond acceptors (Lipinski definition) is 8. The minimum atomic E-state index is -0.181. The fraction of sp³-hybridized carbons (Fsp3) is 0.500. The van der Waals surface area contributed by atoms with E-state index in [2.05, 4.69) is 4.90 Å². The zero-order valence-corrected chi connectivity index (χ0v) is 23.9. The van der Waals surface area contributed by atoms with E-state index >= 15 is 0 Å². The van der Waals surface area contributed by atoms with Crippen molar-refractivity contribution in [2.45, 2.75) is 46.6 Å². The average Bonchev–Trinajstić information content (AvgIpc) is 3.19. The van der Waals surface area contributed by atoms with Crippen LogP contribution in [0.3, 0.4) is 0 Å². The standard InChI is InChI=1S/C28H35N3O5S2/c1-4-30-22-11-8-7-10-20(22)24(29-15-12-19(13-16-29)27(34)36-6-3)21(25(30)32)18-23-26(33)31(28(37)38-23)14-9-17-35-5-2/h7-8,10-11,18-19H,4-6,9,12-17H2,1-3H3. The summed E-state index contributed by atoms with van der Waals surface area (Å²) in [5, 5.41) is 0.946. The number of benzene rings is 1. The fourth-order valence-electron chi connectivity index (χ4n) is 5.09. The van der Waals surface area contributed by atoms with Crippen LogP contribution in [0.1, 0.15) is 45.6 Å². The molecule has 0 radical (unpaired) electrons. The van der Waals surface area contributed by atoms with Crippen LogP contribution in [0.5, 0.6) is 0 Å². The van der Waals surface area contributed by atoms with E-state index in [1.807, 2.05) is 45.0 Å². The van der Waals surface area contributed by atoms with E-state index in [-0.39, 0.29) is 23.4 Å². The molecule has 0 bridgehead atoms. The normalized spacial score (nSPS) is 17.7. The molecule has 204 valence electrons. The van der Waals surface area contributed by atoms with Crippen molar-refractivity contribution in [3.05, 3.63) is 45.1 Å². The van der Waals surface area contributed by atoms with Crippen LogP contribution in [0, 0.1) is 5.92 Å². The number of hydrogen-bond donors (Lipinski definition) is 0. The highest BCUT2D eigenvalue weighted by Crippen LogP contribution is 2.37. The van der Waals surface area contributed by atoms with Gasteiger partial charge in [-0.2, -0.15) is 0 Å². The van der Waals surface area contributed by atoms with Crippen LogP contribution < -0.4 is 10.5 Å². The van der Waals surface area contributed by atoms with Crippen LogP contribution in [0.2, 0.25) is 0 Å². The maximum absolute atomic E-state index is 13.9. The Balaban J connectivity index is 1.73. The quantitative estimate of drug-likeness (QED) is 0.184. The average molecular weight is 558 g/mol. The summed E-state index contributed by atoms with van der Waals surface area (Å²) in [6.07, 6.45) is 3.69. The number of fused-ring (bicyclic) bond motifs is 1. The minimum absolute atomic E-state index is 0.143. The molecule has 0 aliphatic carbocycles. The minimum Gasteiger partial charge on any atom is -0.466 e. The summed E-state index contributed by atoms with van der Waals surface area (Å²) >= 11 is 6.75. The van der Waals surface area contributed by atoms with Gasteiger partial charge in [-0.1, -0.05) is 42.2 Å². The van der Waals surface area contributed by atoms with Crippen LogP contribution in [0.4, 0.5) is 5.69 Å². The van der Waals surface area contributed by atoms with E-state index < -0.39 is 0 Å². The molecule has 0 atom stereocenters. The Morgan fingerprint density at radius 3 is 2.55 bits per heavy atom. The zero-order chi connectivity index (χ0) is 27.2. The van der Waals surface area contributed by atoms with Crippen LogP contribution in [0.15, 0.2) is 34.0 Å². The van der Waals surface area contributed by atoms with Gasteiger partial charge in [0.05, 0.1) is 34.2 Å². The number of para-hydroxylation sites is 1. The first-order valence-electron chi connectivity index (χ1n) is 13.3. The molecule has 1 aromatic heterocycles. The highest BCUT2D eigenvalue weighted by Gasteiger charge is 2.33. The number of thioether (sulfide) groups is 1. The second kappa shape index (κ2) is 12.9. The summed E-state index contributed by atoms with van der Waals surface area (Å²) < 4.78 is 12.9. The van der Waals surface area contributed by atoms with Crippen LogP contribution >= 0.6 is 24.0 Å². The van der Waals surface area contributed by atoms with Gasteiger partial charge in [-0.15, -0.1) is 0 Å². The fourth-order valence-corrected chi connectivity index (χ4v) is 6.38. The van der Waals surface area contributed by atoms with Gasteiger partial charge in [0.15, 0.2) is 0 Å². The Morgan fingerprint density at radius 2 is 1.87 bits per heavy atom. The molecule has 8 nitrogen and oxygen atoms in total. The molecule has 3 heterocycles. The Kier molecular flexibility index (Phi) is 9.62. The maximum Gasteiger partial charge on any atom is 0.309 e. The van der Waals surface area contributed by atoms with Crippen molar-refractivity contribution in [2.24, 2.45) is 5.92 Å². The molecule has 0 unspecified atom stereocenters. The van der Waals surface area contributed by atoms with E-state index in [1.165, 1.54) is 11.8 Å². The third-order valence-corrected chi connectivity index (χ3v) is 8.33. The molecule has 2 fully saturated rings. The number of carbonyl (C=O) groups excluding carboxylic acids is 2. The third-order valence-electron chi connectivity index (χ3n) is 6.95. The third kappa shape index (κ3) is 5.82. The summed E-state index contributed by atoms with van der Waals surface area (Å²) in [5.74, 6) is -0.490. The lowest BCUT2D eigenvalue weighted by Crippen LogP contribution is -2.39. The van der Waals surface area contributed by atoms with Crippen molar-refractivity contribution in [1.82, 2.24) is 9.47 Å². The molecule has 0 N–H and O–H groups in total. The molecule has 1 aromatic carbocycles. The van der Waals surface area contributed by atoms with Gasteiger partial charge < -0.3 is 18.9 Å². The second-order valence-corrected chi connectivity index (χ2v) is 10.9. The number of aryl methyl sites for hydroxylation is 1. The Bertz CT molecular complexity index is 1300. The highest BCUT2D eigenvalue weighted by molar-refractivity contribution is 8.26. The van der Waals surface area contributed by atoms with E-state index in [9.17, 15) is 14.4 Å². The monoisotopic (exact) mass is 557 g/mol. The zero-order valence-electron chi connectivity index (χ0n) is 22.2. The van der Waals surface area contributed by atoms with Gasteiger partial charge in [0.1, 0.15) is 4.32 Å². The first kappa shape index (κ1) is 28.3. The van der Waals surface area contributed by atoms with Gasteiger partial charge in [-0.25, -0.2) is 0 Å². The van der Waals surface area contributed by atoms with Crippen LogP contribution in [0.25, 0.3) is 17.0 Å². The van der Waals surface area contributed by atoms with Crippen molar-refractivity contribution < 1.29 is 19.1 Å². The number of rotatable bonds is 10. The number of pyridine rings is 1. The molecule has 10 heteroatoms. The first-order chi connectivity index (χ1) is 18.4. The van der Waals surface area contributed by atoms with Crippen molar-refractivity contribution in [1.29, 1.82) is 0 Å². The SMILES string of the molecule is CCOCCCN1C(=O)C(=Cc2c(N3CCC(C(=O)OCC)CC3)c3ccccc3n(CC)c2=O)SC1=S. The molecule has 0 spiro atoms. The molecule has 4 rings (SSSR count). The number of ether oxygens (including phenoxy) is 2. The molecule has 2 aliphatic heterocycles. The molecule has 2 saturated heterocycles. The molecule has 0 saturated carbocycles. The Morgan fingerprint density at radius 1 is 1.13 bits per heavy atom. The number of nitrogens with zero attached hydrogens (tertiary/aromatic N) is 3. The number of aromatic nitrogens is 1. The van der Waals surface area contributed by atoms with Crippen molar-refractivity contribution >= 4 is 62.8 Å². The Hall–Kier alpha value is -2.69. The van der Waals surface area contributed by atoms with E-state index in [1.54, 1.807) is 15.5 Å². The summed E-state index contributed by atoms with van der Waals surface area (Å²) in [6.45, 7) is 9.46. The lowest BCUT2D eigenvalue weighted by Gasteiger charge is -2.34. The van der Waals surface area contributed by atoms with E-state index in [0.29, 0.717) is 80.1 Å². The maximum atomic E-state index is 13.9. The van der Waals surface area contributed by atoms with Crippen molar-refractivity contribution in [3.63, 3.8) is 0 Å². The largest absolute Gasteiger partial charge is 0.466 e. The van der Waals surface area contributed by atoms with Gasteiger partial charge in [0.25, 0.3) is 11.5 Å². The number of anilines is 1. The molecular formula is C28H35N3O5S2. The predicted octanol–water partition coefficient (Wildman–Crippen LogP) is 4.43. The van der Waals surface area contributed by atoms with Gasteiger partial charge >= 0.3 is 5.97 Å². The molecule has 1 amide bonds. The van der Waals surface area contributed by atoms with Gasteiger partial charge in [-0.05, 0) is 52.2 Å². The lowest BCUT2D eigenvalue weighted by molar-refractivity contribution is -0.148. The molecular weight excluding hydrogens is 522 g/mol. The number of amides is 1. The summed E-state index contributed by atoms with van der Waals surface area (Å²) in [4.78, 5) is 43.7. The smallest absolute Gasteiger partial charge is 0.309 e. The topological polar surface area (TPSA) is 81.1 Å². The number of esters is 1. The number of thiocarbonyl (C=S) groups is 1. The number of carbonyl (C=O) groups is 2. The molecule has 38 heavy (non-hydrogen) atoms. The van der Waals surface area contributed by atoms with Gasteiger partial charge in [0.2, 0.25) is 0 Å². The highest BCUT2D eigenvalue weighted by atomic mass is 32.2. The number of piperidine rings is 1. The van der Waals surface area contributed by atoms with Crippen molar-refractivity contribution in [2.75, 3.05) is 44.4 Å². The van der Waals surface area contributed by atoms with Crippen molar-refractivity contribution in [3.8, 4) is 0 Å². The second-order valence-electron chi connectivity index (χ2n) is 9.23. The summed E-state index contributed by atoms with van der Waals surface area (Å²) in [7, 11) is 0. The van der Waals surface area contributed by atoms with E-state index in [0.717, 1.165) is 16.6 Å². The van der Waals surface area contributed by atoms with Gasteiger partial charge in [0, 0.05) is 44.8 Å². The molecule has 2 aromatic rings. The van der Waals surface area contributed by atoms with E-state index in [4.69, 9.17) is 21.7 Å². The van der Waals surface area contributed by atoms with Crippen LogP contribution in [-0.4, -0.2) is 65.1 Å². The Labute approximate surface area is 232 Å². The van der Waals surface area contributed by atoms with Gasteiger partial charge in [-0.3, -0.25) is 19.3 Å².